The molecule has 0 N–H and O–H groups in total. The predicted octanol–water partition coefficient (Wildman–Crippen LogP) is 22.7. The average molecular weight is 1260 g/mol. The Morgan fingerprint density at radius 1 is 0.386 bits per heavy atom. The number of nitrogens with zero attached hydrogens (tertiary/aromatic N) is 2. The number of aromatic nitrogens is 2. The molecule has 12 rings (SSSR count). The van der Waals surface area contributed by atoms with Crippen molar-refractivity contribution in [2.24, 2.45) is 32.5 Å². The Labute approximate surface area is 547 Å². The molecule has 10 heteroatoms. The van der Waals surface area contributed by atoms with Gasteiger partial charge < -0.3 is 23.4 Å². The van der Waals surface area contributed by atoms with E-state index >= 15 is 0 Å². The Morgan fingerprint density at radius 2 is 0.864 bits per heavy atom. The fourth-order valence-electron chi connectivity index (χ4n) is 13.8. The number of hydrogen-bond donors (Lipinski definition) is 0. The number of furan rings is 1. The summed E-state index contributed by atoms with van der Waals surface area (Å²) < 4.78 is 29.0. The van der Waals surface area contributed by atoms with Gasteiger partial charge in [0.15, 0.2) is 0 Å². The number of fused-ring (bicyclic) bond motifs is 6. The summed E-state index contributed by atoms with van der Waals surface area (Å²) in [6, 6.07) is 14.2. The van der Waals surface area contributed by atoms with Crippen LogP contribution in [0.25, 0.3) is 0 Å². The molecule has 0 spiro atoms. The van der Waals surface area contributed by atoms with Crippen LogP contribution < -0.4 is 0 Å². The Kier molecular flexibility index (Phi) is 23.6. The van der Waals surface area contributed by atoms with E-state index in [1.54, 1.807) is 33.6 Å². The highest BCUT2D eigenvalue weighted by molar-refractivity contribution is 7.12. The zero-order chi connectivity index (χ0) is 65.2. The summed E-state index contributed by atoms with van der Waals surface area (Å²) in [6.45, 7) is 61.5. The van der Waals surface area contributed by atoms with Gasteiger partial charge in [-0.05, 0) is 200 Å². The van der Waals surface area contributed by atoms with Gasteiger partial charge in [0, 0.05) is 39.5 Å². The van der Waals surface area contributed by atoms with Gasteiger partial charge in [-0.3, -0.25) is 0 Å². The van der Waals surface area contributed by atoms with Gasteiger partial charge in [-0.25, -0.2) is 9.97 Å². The zero-order valence-corrected chi connectivity index (χ0v) is 62.4. The lowest BCUT2D eigenvalue weighted by atomic mass is 9.73. The van der Waals surface area contributed by atoms with Crippen molar-refractivity contribution in [3.05, 3.63) is 144 Å². The highest BCUT2D eigenvalue weighted by Crippen LogP contribution is 2.49. The third kappa shape index (κ3) is 18.4. The van der Waals surface area contributed by atoms with Gasteiger partial charge in [-0.2, -0.15) is 0 Å². The van der Waals surface area contributed by atoms with Crippen LogP contribution in [-0.2, 0) is 57.5 Å². The predicted molar refractivity (Wildman–Crippen MR) is 376 cm³/mol. The molecule has 6 atom stereocenters. The third-order valence-corrected chi connectivity index (χ3v) is 21.7. The first-order valence-electron chi connectivity index (χ1n) is 33.5. The number of benzene rings is 2. The first kappa shape index (κ1) is 72.0. The molecule has 7 nitrogen and oxygen atoms in total. The summed E-state index contributed by atoms with van der Waals surface area (Å²) in [5.74, 6) is 3.61. The van der Waals surface area contributed by atoms with Crippen LogP contribution in [0.5, 0.6) is 0 Å². The molecule has 0 amide bonds. The second-order valence-electron chi connectivity index (χ2n) is 32.9. The molecule has 8 heterocycles. The lowest BCUT2D eigenvalue weighted by molar-refractivity contribution is -0.0316. The minimum absolute atomic E-state index is 0.144. The van der Waals surface area contributed by atoms with Gasteiger partial charge in [-0.1, -0.05) is 155 Å². The van der Waals surface area contributed by atoms with Crippen molar-refractivity contribution in [1.82, 2.24) is 9.97 Å². The molecule has 88 heavy (non-hydrogen) atoms. The van der Waals surface area contributed by atoms with E-state index < -0.39 is 0 Å². The second-order valence-corrected chi connectivity index (χ2v) is 36.7. The lowest BCUT2D eigenvalue weighted by Gasteiger charge is -2.33. The highest BCUT2D eigenvalue weighted by Gasteiger charge is 2.38. The smallest absolute Gasteiger partial charge is 0.112 e. The van der Waals surface area contributed by atoms with Crippen molar-refractivity contribution < 1.29 is 23.4 Å². The minimum Gasteiger partial charge on any atom is -0.466 e. The molecule has 2 aliphatic carbocycles. The van der Waals surface area contributed by atoms with Crippen LogP contribution in [0.1, 0.15) is 295 Å². The van der Waals surface area contributed by atoms with Crippen LogP contribution in [0.2, 0.25) is 0 Å². The number of ether oxygens (including phenoxy) is 4. The first-order chi connectivity index (χ1) is 40.7. The van der Waals surface area contributed by atoms with Gasteiger partial charge in [0.1, 0.15) is 17.6 Å². The fourth-order valence-corrected chi connectivity index (χ4v) is 17.4. The number of aryl methyl sites for hydroxylation is 10. The number of thiophene rings is 1. The maximum Gasteiger partial charge on any atom is 0.112 e. The molecule has 0 bridgehead atoms. The molecule has 2 aromatic carbocycles. The van der Waals surface area contributed by atoms with E-state index in [0.29, 0.717) is 16.9 Å². The average Bonchev–Trinajstić information content (AvgIpc) is 3.97. The largest absolute Gasteiger partial charge is 0.466 e. The van der Waals surface area contributed by atoms with E-state index in [9.17, 15) is 0 Å². The van der Waals surface area contributed by atoms with Crippen molar-refractivity contribution in [2.45, 2.75) is 280 Å². The molecular weight excluding hydrogens is 1140 g/mol. The van der Waals surface area contributed by atoms with Crippen molar-refractivity contribution in [3.63, 3.8) is 0 Å². The highest BCUT2D eigenvalue weighted by atomic mass is 32.1. The molecule has 6 aromatic rings. The SMILES string of the molecule is Cc1cc2c(cc1C)C(C(C)(C)C)CC2.Cc1cc2c(cc1C)C(C(C)(C)C)CCCC2.Cc1cc2c(o1)CCOC2C(C)(C)C.Cc1cc2c(s1)C(C(C)(C)C)OCC2.Cc1nc2c(s1)C(C(C)(C)C)OCC2.Cc1nc2c(s1)CCOC2C(C)(C)C. The first-order valence-corrected chi connectivity index (χ1v) is 35.9. The van der Waals surface area contributed by atoms with Gasteiger partial charge in [-0.15, -0.1) is 34.0 Å². The van der Waals surface area contributed by atoms with Gasteiger partial charge in [0.05, 0.1) is 71.0 Å². The Balaban J connectivity index is 0.000000151. The second kappa shape index (κ2) is 28.8. The van der Waals surface area contributed by atoms with E-state index in [1.165, 1.54) is 103 Å². The van der Waals surface area contributed by atoms with E-state index in [-0.39, 0.29) is 40.0 Å². The van der Waals surface area contributed by atoms with Crippen LogP contribution in [-0.4, -0.2) is 36.4 Å². The fraction of sp³-hybridized carbons (Fsp3) is 0.667. The van der Waals surface area contributed by atoms with Crippen LogP contribution >= 0.6 is 34.0 Å². The van der Waals surface area contributed by atoms with E-state index in [0.717, 1.165) is 85.5 Å². The van der Waals surface area contributed by atoms with Gasteiger partial charge in [0.2, 0.25) is 0 Å². The van der Waals surface area contributed by atoms with Crippen LogP contribution in [0.3, 0.4) is 0 Å². The minimum atomic E-state index is 0.144. The van der Waals surface area contributed by atoms with Crippen LogP contribution in [0.15, 0.2) is 40.8 Å². The quantitative estimate of drug-likeness (QED) is 0.140. The monoisotopic (exact) mass is 1260 g/mol. The van der Waals surface area contributed by atoms with Crippen molar-refractivity contribution >= 4 is 34.0 Å². The summed E-state index contributed by atoms with van der Waals surface area (Å²) in [7, 11) is 0. The summed E-state index contributed by atoms with van der Waals surface area (Å²) >= 11 is 5.51. The summed E-state index contributed by atoms with van der Waals surface area (Å²) in [6.07, 6.45) is 12.9. The molecule has 0 fully saturated rings. The Morgan fingerprint density at radius 3 is 1.43 bits per heavy atom. The molecule has 0 saturated heterocycles. The summed E-state index contributed by atoms with van der Waals surface area (Å²) in [5, 5.41) is 2.32. The van der Waals surface area contributed by atoms with Crippen molar-refractivity contribution in [2.75, 3.05) is 26.4 Å². The molecule has 6 unspecified atom stereocenters. The number of hydrogen-bond acceptors (Lipinski definition) is 10. The third-order valence-electron chi connectivity index (χ3n) is 18.5. The van der Waals surface area contributed by atoms with Crippen LogP contribution in [0, 0.1) is 87.9 Å². The molecule has 6 aliphatic rings. The molecule has 4 aliphatic heterocycles. The van der Waals surface area contributed by atoms with E-state index in [4.69, 9.17) is 23.4 Å². The standard InChI is InChI=1S/C17H26.C15H22.C12H18O2.C12H18OS.2C11H17NOS/c1-12-10-14-8-6-7-9-16(17(3,4)5)15(14)11-13(12)2;1-10-8-12-6-7-14(15(3,4)5)13(12)9-11(10)2;1-8-7-9-10(14-8)5-6-13-11(9)12(2,3)4;1-8-7-9-5-6-13-11(10(9)14-8)12(2,3)4;1-7-12-9-8(14-7)5-6-13-10(9)11(2,3)4;1-7-12-8-5-6-13-10(9(8)14-7)11(2,3)4/h10-11,16H,6-9H2,1-5H3;8-9,14H,6-7H2,1-5H3;2*7,11H,5-6H2,1-4H3;2*10H,5-6H2,1-4H3. The van der Waals surface area contributed by atoms with Crippen LogP contribution in [0.4, 0.5) is 0 Å². The van der Waals surface area contributed by atoms with Gasteiger partial charge >= 0.3 is 0 Å². The molecular formula is C78H118N2O5S3. The Bertz CT molecular complexity index is 2980. The maximum absolute atomic E-state index is 5.89. The van der Waals surface area contributed by atoms with Crippen molar-refractivity contribution in [3.8, 4) is 0 Å². The number of rotatable bonds is 0. The van der Waals surface area contributed by atoms with E-state index in [2.05, 4.69) is 219 Å². The number of thiazole rings is 2. The van der Waals surface area contributed by atoms with Gasteiger partial charge in [0.25, 0.3) is 0 Å². The Hall–Kier alpha value is -3.48. The molecule has 4 aromatic heterocycles. The molecule has 0 saturated carbocycles. The topological polar surface area (TPSA) is 75.8 Å². The summed E-state index contributed by atoms with van der Waals surface area (Å²) in [5.41, 5.74) is 19.0. The molecule has 488 valence electrons. The summed E-state index contributed by atoms with van der Waals surface area (Å²) in [4.78, 5) is 14.8. The van der Waals surface area contributed by atoms with E-state index in [1.807, 2.05) is 29.6 Å². The lowest BCUT2D eigenvalue weighted by Crippen LogP contribution is -2.26. The normalized spacial score (nSPS) is 21.6. The molecule has 0 radical (unpaired) electrons. The van der Waals surface area contributed by atoms with Crippen molar-refractivity contribution in [1.29, 1.82) is 0 Å². The zero-order valence-electron chi connectivity index (χ0n) is 60.0. The maximum atomic E-state index is 5.89.